The molecule has 194 valence electrons. The maximum Gasteiger partial charge on any atom is 0.295 e. The van der Waals surface area contributed by atoms with Crippen molar-refractivity contribution in [2.75, 3.05) is 53.5 Å². The second-order valence-electron chi connectivity index (χ2n) is 8.67. The number of likely N-dealkylation sites (tertiary alicyclic amines) is 1. The van der Waals surface area contributed by atoms with Gasteiger partial charge < -0.3 is 14.7 Å². The van der Waals surface area contributed by atoms with Gasteiger partial charge in [0.25, 0.3) is 11.7 Å². The van der Waals surface area contributed by atoms with Crippen molar-refractivity contribution in [3.05, 3.63) is 71.3 Å². The molecule has 2 heterocycles. The van der Waals surface area contributed by atoms with E-state index in [1.165, 1.54) is 43.3 Å². The van der Waals surface area contributed by atoms with Gasteiger partial charge in [0.15, 0.2) is 0 Å². The molecule has 0 spiro atoms. The summed E-state index contributed by atoms with van der Waals surface area (Å²) in [5.74, 6) is -1.76. The van der Waals surface area contributed by atoms with Gasteiger partial charge in [-0.3, -0.25) is 14.5 Å². The summed E-state index contributed by atoms with van der Waals surface area (Å²) in [6.07, 6.45) is 0. The van der Waals surface area contributed by atoms with E-state index in [2.05, 4.69) is 4.90 Å². The van der Waals surface area contributed by atoms with Crippen molar-refractivity contribution in [3.63, 3.8) is 0 Å². The molecule has 2 aromatic carbocycles. The van der Waals surface area contributed by atoms with Crippen LogP contribution >= 0.6 is 0 Å². The average molecular weight is 516 g/mol. The van der Waals surface area contributed by atoms with E-state index in [4.69, 9.17) is 4.74 Å². The number of ketones is 1. The minimum Gasteiger partial charge on any atom is -0.507 e. The van der Waals surface area contributed by atoms with Crippen molar-refractivity contribution >= 4 is 27.5 Å². The number of aliphatic hydroxyl groups is 1. The summed E-state index contributed by atoms with van der Waals surface area (Å²) in [6, 6.07) is 14.0. The lowest BCUT2D eigenvalue weighted by atomic mass is 9.95. The highest BCUT2D eigenvalue weighted by atomic mass is 32.2. The van der Waals surface area contributed by atoms with Crippen LogP contribution in [0.5, 0.6) is 0 Å². The summed E-state index contributed by atoms with van der Waals surface area (Å²) >= 11 is 0. The molecule has 4 rings (SSSR count). The molecule has 2 aliphatic rings. The number of hydrogen-bond donors (Lipinski definition) is 1. The van der Waals surface area contributed by atoms with Crippen LogP contribution in [-0.2, 0) is 24.3 Å². The first-order valence-electron chi connectivity index (χ1n) is 11.4. The normalized spacial score (nSPS) is 20.5. The number of nitrogens with zero attached hydrogens (tertiary/aromatic N) is 3. The molecule has 36 heavy (non-hydrogen) atoms. The molecule has 0 radical (unpaired) electrons. The van der Waals surface area contributed by atoms with Crippen molar-refractivity contribution in [1.82, 2.24) is 14.1 Å². The number of morpholine rings is 1. The first kappa shape index (κ1) is 27.5. The number of amides is 1. The minimum atomic E-state index is -3.65. The fourth-order valence-electron chi connectivity index (χ4n) is 4.32. The second-order valence-corrected chi connectivity index (χ2v) is 10.8. The number of sulfonamides is 1. The number of carbonyl (C=O) groups is 2. The second kappa shape index (κ2) is 11.3. The molecule has 0 aliphatic carbocycles. The maximum absolute atomic E-state index is 13.1. The molecular weight excluding hydrogens is 482 g/mol. The van der Waals surface area contributed by atoms with Gasteiger partial charge in [0.05, 0.1) is 29.7 Å². The molecule has 0 bridgehead atoms. The number of rotatable bonds is 7. The van der Waals surface area contributed by atoms with Crippen LogP contribution in [0.1, 0.15) is 24.6 Å². The third-order valence-electron chi connectivity index (χ3n) is 6.32. The average Bonchev–Trinajstić information content (AvgIpc) is 3.13. The fourth-order valence-corrected chi connectivity index (χ4v) is 5.22. The number of ether oxygens (including phenoxy) is 1. The maximum atomic E-state index is 13.1. The monoisotopic (exact) mass is 515 g/mol. The summed E-state index contributed by atoms with van der Waals surface area (Å²) in [6.45, 7) is 3.66. The minimum absolute atomic E-state index is 0. The smallest absolute Gasteiger partial charge is 0.295 e. The molecule has 2 saturated heterocycles. The number of hydrogen-bond acceptors (Lipinski definition) is 7. The van der Waals surface area contributed by atoms with E-state index in [1.807, 2.05) is 30.3 Å². The van der Waals surface area contributed by atoms with Gasteiger partial charge in [0.2, 0.25) is 10.0 Å². The van der Waals surface area contributed by atoms with Crippen LogP contribution in [0.3, 0.4) is 0 Å². The first-order valence-corrected chi connectivity index (χ1v) is 12.8. The predicted octanol–water partition coefficient (Wildman–Crippen LogP) is 2.33. The standard InChI is InChI=1S/C25H29N3O6S.CH4/c1-26(2)35(32,33)20-10-8-19(9-11-20)23(29)21-22(18-6-4-3-5-7-18)28(25(31)24(21)30)13-12-27-14-16-34-17-15-27;/h3-11,22,29H,12-17H2,1-2H3;1H4. The Labute approximate surface area is 212 Å². The molecule has 1 N–H and O–H groups in total. The van der Waals surface area contributed by atoms with Crippen LogP contribution in [0.4, 0.5) is 0 Å². The molecule has 2 aliphatic heterocycles. The molecule has 1 unspecified atom stereocenters. The van der Waals surface area contributed by atoms with Crippen molar-refractivity contribution < 1.29 is 27.9 Å². The van der Waals surface area contributed by atoms with Gasteiger partial charge in [-0.15, -0.1) is 0 Å². The van der Waals surface area contributed by atoms with E-state index in [0.717, 1.165) is 17.4 Å². The van der Waals surface area contributed by atoms with E-state index in [-0.39, 0.29) is 29.2 Å². The Morgan fingerprint density at radius 1 is 1.00 bits per heavy atom. The zero-order valence-corrected chi connectivity index (χ0v) is 20.6. The van der Waals surface area contributed by atoms with Crippen LogP contribution < -0.4 is 0 Å². The lowest BCUT2D eigenvalue weighted by Gasteiger charge is -2.31. The highest BCUT2D eigenvalue weighted by molar-refractivity contribution is 7.89. The molecule has 2 aromatic rings. The lowest BCUT2D eigenvalue weighted by Crippen LogP contribution is -2.42. The highest BCUT2D eigenvalue weighted by Gasteiger charge is 2.46. The van der Waals surface area contributed by atoms with Crippen LogP contribution in [0.2, 0.25) is 0 Å². The third-order valence-corrected chi connectivity index (χ3v) is 8.15. The molecule has 9 nitrogen and oxygen atoms in total. The summed E-state index contributed by atoms with van der Waals surface area (Å²) in [7, 11) is -0.782. The fraction of sp³-hybridized carbons (Fsp3) is 0.385. The van der Waals surface area contributed by atoms with Crippen molar-refractivity contribution in [3.8, 4) is 0 Å². The summed E-state index contributed by atoms with van der Waals surface area (Å²) in [4.78, 5) is 29.9. The van der Waals surface area contributed by atoms with Crippen LogP contribution in [0.25, 0.3) is 5.76 Å². The van der Waals surface area contributed by atoms with E-state index in [1.54, 1.807) is 0 Å². The molecule has 10 heteroatoms. The van der Waals surface area contributed by atoms with Crippen molar-refractivity contribution in [2.24, 2.45) is 0 Å². The first-order chi connectivity index (χ1) is 16.7. The Kier molecular flexibility index (Phi) is 8.67. The molecule has 0 aromatic heterocycles. The number of aliphatic hydroxyl groups excluding tert-OH is 1. The molecule has 2 fully saturated rings. The van der Waals surface area contributed by atoms with Gasteiger partial charge in [-0.05, 0) is 29.8 Å². The van der Waals surface area contributed by atoms with E-state index in [9.17, 15) is 23.1 Å². The topological polar surface area (TPSA) is 107 Å². The number of carbonyl (C=O) groups excluding carboxylic acids is 2. The Balaban J connectivity index is 0.00000361. The van der Waals surface area contributed by atoms with Crippen LogP contribution in [-0.4, -0.2) is 92.8 Å². The lowest BCUT2D eigenvalue weighted by molar-refractivity contribution is -0.140. The summed E-state index contributed by atoms with van der Waals surface area (Å²) < 4.78 is 31.2. The van der Waals surface area contributed by atoms with E-state index >= 15 is 0 Å². The Morgan fingerprint density at radius 3 is 2.19 bits per heavy atom. The quantitative estimate of drug-likeness (QED) is 0.343. The Hall–Kier alpha value is -3.05. The van der Waals surface area contributed by atoms with Crippen molar-refractivity contribution in [1.29, 1.82) is 0 Å². The molecular formula is C26H33N3O6S. The van der Waals surface area contributed by atoms with E-state index in [0.29, 0.717) is 31.9 Å². The number of Topliss-reactive ketones (excluding diaryl/α,β-unsaturated/α-hetero) is 1. The van der Waals surface area contributed by atoms with Crippen LogP contribution in [0.15, 0.2) is 65.1 Å². The van der Waals surface area contributed by atoms with Gasteiger partial charge in [0.1, 0.15) is 5.76 Å². The number of benzene rings is 2. The molecule has 0 saturated carbocycles. The molecule has 1 atom stereocenters. The summed E-state index contributed by atoms with van der Waals surface area (Å²) in [5, 5.41) is 11.2. The SMILES string of the molecule is C.CN(C)S(=O)(=O)c1ccc(C(O)=C2C(=O)C(=O)N(CCN3CCOCC3)C2c2ccccc2)cc1. The zero-order chi connectivity index (χ0) is 25.2. The summed E-state index contributed by atoms with van der Waals surface area (Å²) in [5.41, 5.74) is 0.961. The largest absolute Gasteiger partial charge is 0.507 e. The van der Waals surface area contributed by atoms with Crippen molar-refractivity contribution in [2.45, 2.75) is 18.4 Å². The van der Waals surface area contributed by atoms with Gasteiger partial charge in [-0.25, -0.2) is 12.7 Å². The van der Waals surface area contributed by atoms with Gasteiger partial charge in [-0.2, -0.15) is 0 Å². The Bertz CT molecular complexity index is 1220. The highest BCUT2D eigenvalue weighted by Crippen LogP contribution is 2.39. The van der Waals surface area contributed by atoms with Gasteiger partial charge >= 0.3 is 0 Å². The molecule has 1 amide bonds. The third kappa shape index (κ3) is 5.36. The Morgan fingerprint density at radius 2 is 1.61 bits per heavy atom. The van der Waals surface area contributed by atoms with Gasteiger partial charge in [0, 0.05) is 45.8 Å². The van der Waals surface area contributed by atoms with Crippen LogP contribution in [0, 0.1) is 0 Å². The van der Waals surface area contributed by atoms with E-state index < -0.39 is 27.8 Å². The predicted molar refractivity (Wildman–Crippen MR) is 137 cm³/mol. The van der Waals surface area contributed by atoms with Gasteiger partial charge in [-0.1, -0.05) is 37.8 Å². The zero-order valence-electron chi connectivity index (χ0n) is 19.8.